The van der Waals surface area contributed by atoms with Gasteiger partial charge in [-0.25, -0.2) is 0 Å². The topological polar surface area (TPSA) is 79.3 Å². The molecule has 2 unspecified atom stereocenters. The predicted octanol–water partition coefficient (Wildman–Crippen LogP) is 1.44. The molecule has 4 nitrogen and oxygen atoms in total. The van der Waals surface area contributed by atoms with Gasteiger partial charge in [-0.3, -0.25) is 0 Å². The lowest BCUT2D eigenvalue weighted by molar-refractivity contribution is -0.0206. The van der Waals surface area contributed by atoms with E-state index in [-0.39, 0.29) is 5.92 Å². The highest BCUT2D eigenvalue weighted by Gasteiger charge is 2.26. The summed E-state index contributed by atoms with van der Waals surface area (Å²) in [5.41, 5.74) is 9.36. The van der Waals surface area contributed by atoms with Gasteiger partial charge in [0.05, 0.1) is 12.7 Å². The molecule has 0 radical (unpaired) electrons. The maximum absolute atomic E-state index is 9.95. The van der Waals surface area contributed by atoms with Crippen molar-refractivity contribution in [1.29, 1.82) is 5.41 Å². The molecule has 4 heteroatoms. The van der Waals surface area contributed by atoms with Gasteiger partial charge >= 0.3 is 0 Å². The Labute approximate surface area is 101 Å². The van der Waals surface area contributed by atoms with E-state index in [4.69, 9.17) is 15.9 Å². The molecule has 0 bridgehead atoms. The van der Waals surface area contributed by atoms with Crippen molar-refractivity contribution in [2.24, 2.45) is 0 Å². The molecule has 0 amide bonds. The molecule has 0 saturated carbocycles. The van der Waals surface area contributed by atoms with Crippen LogP contribution in [0.25, 0.3) is 0 Å². The van der Waals surface area contributed by atoms with Crippen molar-refractivity contribution in [2.75, 3.05) is 18.9 Å². The standard InChI is InChI=1S/C13H18N2O2/c1-8-4-9(6-14)12(15)5-11(8)10-2-3-17-7-13(10)16/h4-6,10,13-14,16H,2-3,7,15H2,1H3. The molecule has 92 valence electrons. The molecule has 17 heavy (non-hydrogen) atoms. The van der Waals surface area contributed by atoms with Crippen LogP contribution in [-0.4, -0.2) is 30.6 Å². The van der Waals surface area contributed by atoms with Gasteiger partial charge in [0, 0.05) is 30.0 Å². The number of aliphatic hydroxyl groups is 1. The van der Waals surface area contributed by atoms with Crippen LogP contribution in [0.5, 0.6) is 0 Å². The van der Waals surface area contributed by atoms with E-state index in [9.17, 15) is 5.11 Å². The fourth-order valence-electron chi connectivity index (χ4n) is 2.37. The summed E-state index contributed by atoms with van der Waals surface area (Å²) >= 11 is 0. The van der Waals surface area contributed by atoms with Crippen LogP contribution < -0.4 is 5.73 Å². The third kappa shape index (κ3) is 2.33. The monoisotopic (exact) mass is 234 g/mol. The first kappa shape index (κ1) is 12.1. The summed E-state index contributed by atoms with van der Waals surface area (Å²) < 4.78 is 5.23. The molecule has 1 aliphatic rings. The highest BCUT2D eigenvalue weighted by molar-refractivity contribution is 5.85. The SMILES string of the molecule is Cc1cc(C=N)c(N)cc1C1CCOCC1O. The van der Waals surface area contributed by atoms with Gasteiger partial charge in [-0.1, -0.05) is 0 Å². The van der Waals surface area contributed by atoms with Gasteiger partial charge in [-0.2, -0.15) is 0 Å². The van der Waals surface area contributed by atoms with Crippen molar-refractivity contribution in [3.8, 4) is 0 Å². The first-order valence-corrected chi connectivity index (χ1v) is 5.79. The maximum atomic E-state index is 9.95. The number of benzene rings is 1. The molecule has 0 spiro atoms. The Morgan fingerprint density at radius 2 is 2.29 bits per heavy atom. The van der Waals surface area contributed by atoms with Gasteiger partial charge in [0.1, 0.15) is 0 Å². The van der Waals surface area contributed by atoms with E-state index in [2.05, 4.69) is 0 Å². The van der Waals surface area contributed by atoms with Crippen LogP contribution in [0, 0.1) is 12.3 Å². The molecule has 2 rings (SSSR count). The van der Waals surface area contributed by atoms with Crippen LogP contribution >= 0.6 is 0 Å². The summed E-state index contributed by atoms with van der Waals surface area (Å²) in [5, 5.41) is 17.2. The molecule has 0 aromatic heterocycles. The van der Waals surface area contributed by atoms with Crippen molar-refractivity contribution in [1.82, 2.24) is 0 Å². The van der Waals surface area contributed by atoms with E-state index in [1.165, 1.54) is 6.21 Å². The Kier molecular flexibility index (Phi) is 3.45. The maximum Gasteiger partial charge on any atom is 0.0842 e. The van der Waals surface area contributed by atoms with Gasteiger partial charge in [0.25, 0.3) is 0 Å². The van der Waals surface area contributed by atoms with Crippen molar-refractivity contribution in [2.45, 2.75) is 25.4 Å². The smallest absolute Gasteiger partial charge is 0.0842 e. The third-order valence-electron chi connectivity index (χ3n) is 3.35. The number of nitrogens with one attached hydrogen (secondary N) is 1. The quantitative estimate of drug-likeness (QED) is 0.535. The molecule has 2 atom stereocenters. The van der Waals surface area contributed by atoms with Crippen LogP contribution in [0.3, 0.4) is 0 Å². The van der Waals surface area contributed by atoms with Crippen molar-refractivity contribution in [3.05, 3.63) is 28.8 Å². The zero-order valence-electron chi connectivity index (χ0n) is 9.94. The molecular weight excluding hydrogens is 216 g/mol. The second kappa shape index (κ2) is 4.85. The molecule has 1 aromatic rings. The number of nitrogen functional groups attached to an aromatic ring is 1. The van der Waals surface area contributed by atoms with Gasteiger partial charge in [0.15, 0.2) is 0 Å². The zero-order chi connectivity index (χ0) is 12.4. The second-order valence-electron chi connectivity index (χ2n) is 4.52. The normalized spacial score (nSPS) is 24.6. The Morgan fingerprint density at radius 3 is 2.94 bits per heavy atom. The second-order valence-corrected chi connectivity index (χ2v) is 4.52. The Morgan fingerprint density at radius 1 is 1.53 bits per heavy atom. The molecule has 1 aromatic carbocycles. The summed E-state index contributed by atoms with van der Waals surface area (Å²) in [6.07, 6.45) is 1.60. The first-order chi connectivity index (χ1) is 8.13. The average Bonchev–Trinajstić information content (AvgIpc) is 2.32. The fraction of sp³-hybridized carbons (Fsp3) is 0.462. The van der Waals surface area contributed by atoms with Gasteiger partial charge in [0.2, 0.25) is 0 Å². The Hall–Kier alpha value is -1.39. The van der Waals surface area contributed by atoms with Crippen LogP contribution in [-0.2, 0) is 4.74 Å². The largest absolute Gasteiger partial charge is 0.398 e. The van der Waals surface area contributed by atoms with Crippen LogP contribution in [0.2, 0.25) is 0 Å². The molecule has 1 fully saturated rings. The van der Waals surface area contributed by atoms with E-state index < -0.39 is 6.10 Å². The van der Waals surface area contributed by atoms with E-state index in [0.29, 0.717) is 18.9 Å². The van der Waals surface area contributed by atoms with Crippen LogP contribution in [0.15, 0.2) is 12.1 Å². The molecule has 4 N–H and O–H groups in total. The summed E-state index contributed by atoms with van der Waals surface area (Å²) in [6, 6.07) is 3.79. The molecule has 1 aliphatic heterocycles. The van der Waals surface area contributed by atoms with Crippen molar-refractivity contribution >= 4 is 11.9 Å². The summed E-state index contributed by atoms with van der Waals surface area (Å²) in [6.45, 7) is 3.05. The number of hydrogen-bond acceptors (Lipinski definition) is 4. The summed E-state index contributed by atoms with van der Waals surface area (Å²) in [4.78, 5) is 0. The summed E-state index contributed by atoms with van der Waals surface area (Å²) in [5.74, 6) is 0.0887. The number of nitrogens with two attached hydrogens (primary N) is 1. The van der Waals surface area contributed by atoms with E-state index in [0.717, 1.165) is 23.1 Å². The van der Waals surface area contributed by atoms with E-state index >= 15 is 0 Å². The van der Waals surface area contributed by atoms with E-state index in [1.54, 1.807) is 0 Å². The van der Waals surface area contributed by atoms with E-state index in [1.807, 2.05) is 19.1 Å². The number of rotatable bonds is 2. The minimum Gasteiger partial charge on any atom is -0.398 e. The first-order valence-electron chi connectivity index (χ1n) is 5.79. The van der Waals surface area contributed by atoms with Crippen LogP contribution in [0.1, 0.15) is 29.0 Å². The number of anilines is 1. The lowest BCUT2D eigenvalue weighted by Gasteiger charge is -2.29. The Balaban J connectivity index is 2.37. The highest BCUT2D eigenvalue weighted by atomic mass is 16.5. The molecule has 1 heterocycles. The Bertz CT molecular complexity index is 432. The lowest BCUT2D eigenvalue weighted by atomic mass is 9.85. The number of aryl methyl sites for hydroxylation is 1. The van der Waals surface area contributed by atoms with Gasteiger partial charge in [-0.05, 0) is 36.6 Å². The molecular formula is C13H18N2O2. The minimum absolute atomic E-state index is 0.0887. The van der Waals surface area contributed by atoms with Crippen molar-refractivity contribution < 1.29 is 9.84 Å². The van der Waals surface area contributed by atoms with Gasteiger partial charge in [-0.15, -0.1) is 0 Å². The lowest BCUT2D eigenvalue weighted by Crippen LogP contribution is -2.31. The summed E-state index contributed by atoms with van der Waals surface area (Å²) in [7, 11) is 0. The van der Waals surface area contributed by atoms with Crippen LogP contribution in [0.4, 0.5) is 5.69 Å². The highest BCUT2D eigenvalue weighted by Crippen LogP contribution is 2.31. The number of ether oxygens (including phenoxy) is 1. The van der Waals surface area contributed by atoms with Crippen molar-refractivity contribution in [3.63, 3.8) is 0 Å². The average molecular weight is 234 g/mol. The number of aliphatic hydroxyl groups excluding tert-OH is 1. The number of hydrogen-bond donors (Lipinski definition) is 3. The predicted molar refractivity (Wildman–Crippen MR) is 67.7 cm³/mol. The minimum atomic E-state index is -0.465. The zero-order valence-corrected chi connectivity index (χ0v) is 9.94. The molecule has 1 saturated heterocycles. The van der Waals surface area contributed by atoms with Gasteiger partial charge < -0.3 is 21.0 Å². The molecule has 0 aliphatic carbocycles. The fourth-order valence-corrected chi connectivity index (χ4v) is 2.37. The third-order valence-corrected chi connectivity index (χ3v) is 3.35.